The molecule has 3 aromatic rings. The number of nitro benzene ring substituents is 1. The molecule has 0 atom stereocenters. The van der Waals surface area contributed by atoms with Crippen LogP contribution in [0.2, 0.25) is 0 Å². The fourth-order valence-electron chi connectivity index (χ4n) is 2.87. The number of pyridine rings is 1. The highest BCUT2D eigenvalue weighted by Crippen LogP contribution is 2.39. The Labute approximate surface area is 142 Å². The lowest BCUT2D eigenvalue weighted by molar-refractivity contribution is -0.384. The summed E-state index contributed by atoms with van der Waals surface area (Å²) in [6.07, 6.45) is 1.88. The number of ether oxygens (including phenoxy) is 1. The van der Waals surface area contributed by atoms with Crippen molar-refractivity contribution in [2.75, 3.05) is 7.11 Å². The SMILES string of the molecule is COc1cc(-c2cccc([N+](=O)[O-])c2)nc2c1C(=S)n1cccc1-2. The van der Waals surface area contributed by atoms with Gasteiger partial charge in [-0.05, 0) is 12.1 Å². The van der Waals surface area contributed by atoms with E-state index in [-0.39, 0.29) is 5.69 Å². The Bertz CT molecular complexity index is 1010. The molecule has 2 aromatic heterocycles. The zero-order valence-electron chi connectivity index (χ0n) is 12.6. The highest BCUT2D eigenvalue weighted by atomic mass is 32.1. The van der Waals surface area contributed by atoms with Gasteiger partial charge in [0.2, 0.25) is 0 Å². The molecule has 3 heterocycles. The van der Waals surface area contributed by atoms with Gasteiger partial charge in [0.15, 0.2) is 0 Å². The lowest BCUT2D eigenvalue weighted by Crippen LogP contribution is -2.05. The smallest absolute Gasteiger partial charge is 0.270 e. The summed E-state index contributed by atoms with van der Waals surface area (Å²) < 4.78 is 7.37. The Morgan fingerprint density at radius 3 is 2.83 bits per heavy atom. The molecule has 0 aliphatic carbocycles. The highest BCUT2D eigenvalue weighted by Gasteiger charge is 2.29. The van der Waals surface area contributed by atoms with E-state index >= 15 is 0 Å². The van der Waals surface area contributed by atoms with Gasteiger partial charge in [0.1, 0.15) is 16.4 Å². The van der Waals surface area contributed by atoms with Crippen LogP contribution in [0.15, 0.2) is 48.7 Å². The number of non-ortho nitro benzene ring substituents is 1. The number of rotatable bonds is 3. The zero-order valence-corrected chi connectivity index (χ0v) is 13.4. The minimum atomic E-state index is -0.422. The maximum atomic E-state index is 11.0. The molecule has 24 heavy (non-hydrogen) atoms. The van der Waals surface area contributed by atoms with E-state index in [2.05, 4.69) is 4.98 Å². The van der Waals surface area contributed by atoms with Gasteiger partial charge in [-0.25, -0.2) is 4.98 Å². The lowest BCUT2D eigenvalue weighted by Gasteiger charge is -2.10. The van der Waals surface area contributed by atoms with Gasteiger partial charge in [0.25, 0.3) is 5.69 Å². The van der Waals surface area contributed by atoms with Gasteiger partial charge in [-0.1, -0.05) is 24.4 Å². The molecule has 1 aliphatic heterocycles. The average Bonchev–Trinajstić information content (AvgIpc) is 3.18. The number of nitro groups is 1. The van der Waals surface area contributed by atoms with Gasteiger partial charge < -0.3 is 9.30 Å². The quantitative estimate of drug-likeness (QED) is 0.324. The molecule has 4 rings (SSSR count). The van der Waals surface area contributed by atoms with Crippen LogP contribution < -0.4 is 4.74 Å². The third-order valence-corrected chi connectivity index (χ3v) is 4.38. The standard InChI is InChI=1S/C17H11N3O3S/c1-23-14-9-12(10-4-2-5-11(8-10)20(21)22)18-16-13-6-3-7-19(13)17(24)15(14)16/h2-9H,1H3. The van der Waals surface area contributed by atoms with Crippen LogP contribution in [0, 0.1) is 10.1 Å². The third kappa shape index (κ3) is 2.02. The first-order valence-corrected chi connectivity index (χ1v) is 7.57. The van der Waals surface area contributed by atoms with Gasteiger partial charge in [-0.3, -0.25) is 10.1 Å². The van der Waals surface area contributed by atoms with Crippen LogP contribution in [-0.4, -0.2) is 26.6 Å². The van der Waals surface area contributed by atoms with E-state index in [0.717, 1.165) is 17.0 Å². The van der Waals surface area contributed by atoms with Gasteiger partial charge in [-0.2, -0.15) is 0 Å². The van der Waals surface area contributed by atoms with Crippen molar-refractivity contribution in [3.8, 4) is 28.4 Å². The van der Waals surface area contributed by atoms with Crippen molar-refractivity contribution >= 4 is 22.9 Å². The molecule has 0 N–H and O–H groups in total. The zero-order chi connectivity index (χ0) is 16.8. The molecule has 1 aliphatic rings. The van der Waals surface area contributed by atoms with Crippen LogP contribution in [0.4, 0.5) is 5.69 Å². The second-order valence-corrected chi connectivity index (χ2v) is 5.70. The van der Waals surface area contributed by atoms with Crippen molar-refractivity contribution < 1.29 is 9.66 Å². The first-order chi connectivity index (χ1) is 11.6. The predicted molar refractivity (Wildman–Crippen MR) is 93.4 cm³/mol. The van der Waals surface area contributed by atoms with Crippen LogP contribution in [0.3, 0.4) is 0 Å². The lowest BCUT2D eigenvalue weighted by atomic mass is 10.1. The largest absolute Gasteiger partial charge is 0.496 e. The molecule has 0 saturated heterocycles. The van der Waals surface area contributed by atoms with Gasteiger partial charge in [0.05, 0.1) is 29.0 Å². The van der Waals surface area contributed by atoms with Crippen LogP contribution in [-0.2, 0) is 0 Å². The predicted octanol–water partition coefficient (Wildman–Crippen LogP) is 3.67. The average molecular weight is 337 g/mol. The monoisotopic (exact) mass is 337 g/mol. The van der Waals surface area contributed by atoms with Crippen molar-refractivity contribution in [1.82, 2.24) is 9.55 Å². The molecule has 0 spiro atoms. The van der Waals surface area contributed by atoms with Crippen molar-refractivity contribution in [2.24, 2.45) is 0 Å². The molecular weight excluding hydrogens is 326 g/mol. The fourth-order valence-corrected chi connectivity index (χ4v) is 3.23. The molecule has 0 fully saturated rings. The third-order valence-electron chi connectivity index (χ3n) is 3.98. The Hall–Kier alpha value is -3.06. The highest BCUT2D eigenvalue weighted by molar-refractivity contribution is 7.80. The maximum Gasteiger partial charge on any atom is 0.270 e. The normalized spacial score (nSPS) is 12.0. The molecule has 1 aromatic carbocycles. The summed E-state index contributed by atoms with van der Waals surface area (Å²) in [7, 11) is 1.57. The summed E-state index contributed by atoms with van der Waals surface area (Å²) in [5.74, 6) is 0.607. The summed E-state index contributed by atoms with van der Waals surface area (Å²) >= 11 is 5.50. The van der Waals surface area contributed by atoms with E-state index in [1.165, 1.54) is 12.1 Å². The molecule has 0 bridgehead atoms. The van der Waals surface area contributed by atoms with E-state index in [9.17, 15) is 10.1 Å². The number of fused-ring (bicyclic) bond motifs is 3. The van der Waals surface area contributed by atoms with Gasteiger partial charge >= 0.3 is 0 Å². The summed E-state index contributed by atoms with van der Waals surface area (Å²) in [5.41, 5.74) is 3.67. The van der Waals surface area contributed by atoms with E-state index in [4.69, 9.17) is 17.0 Å². The van der Waals surface area contributed by atoms with Crippen molar-refractivity contribution in [2.45, 2.75) is 0 Å². The van der Waals surface area contributed by atoms with Gasteiger partial charge in [-0.15, -0.1) is 0 Å². The Balaban J connectivity index is 1.95. The van der Waals surface area contributed by atoms with Crippen molar-refractivity contribution in [3.05, 3.63) is 64.3 Å². The summed E-state index contributed by atoms with van der Waals surface area (Å²) in [6, 6.07) is 12.0. The second-order valence-electron chi connectivity index (χ2n) is 5.31. The molecule has 7 heteroatoms. The summed E-state index contributed by atoms with van der Waals surface area (Å²) in [4.78, 5) is 15.9. The topological polar surface area (TPSA) is 70.2 Å². The van der Waals surface area contributed by atoms with E-state index in [1.54, 1.807) is 25.3 Å². The Morgan fingerprint density at radius 1 is 1.25 bits per heavy atom. The Morgan fingerprint density at radius 2 is 2.08 bits per heavy atom. The minimum Gasteiger partial charge on any atom is -0.496 e. The van der Waals surface area contributed by atoms with Gasteiger partial charge in [0, 0.05) is 30.0 Å². The second kappa shape index (κ2) is 5.24. The van der Waals surface area contributed by atoms with Crippen LogP contribution in [0.5, 0.6) is 5.75 Å². The number of methoxy groups -OCH3 is 1. The molecular formula is C17H11N3O3S. The van der Waals surface area contributed by atoms with Crippen LogP contribution in [0.25, 0.3) is 22.6 Å². The molecule has 0 unspecified atom stereocenters. The molecule has 0 radical (unpaired) electrons. The number of thiocarbonyl (C=S) groups is 1. The fraction of sp³-hybridized carbons (Fsp3) is 0.0588. The minimum absolute atomic E-state index is 0.0210. The van der Waals surface area contributed by atoms with Crippen molar-refractivity contribution in [3.63, 3.8) is 0 Å². The molecule has 118 valence electrons. The molecule has 6 nitrogen and oxygen atoms in total. The summed E-state index contributed by atoms with van der Waals surface area (Å²) in [6.45, 7) is 0. The first kappa shape index (κ1) is 14.5. The number of nitrogens with zero attached hydrogens (tertiary/aromatic N) is 3. The van der Waals surface area contributed by atoms with E-state index < -0.39 is 4.92 Å². The number of hydrogen-bond donors (Lipinski definition) is 0. The van der Waals surface area contributed by atoms with E-state index in [0.29, 0.717) is 22.0 Å². The first-order valence-electron chi connectivity index (χ1n) is 7.16. The number of benzene rings is 1. The van der Waals surface area contributed by atoms with Crippen molar-refractivity contribution in [1.29, 1.82) is 0 Å². The number of aromatic nitrogens is 2. The maximum absolute atomic E-state index is 11.0. The van der Waals surface area contributed by atoms with Crippen LogP contribution >= 0.6 is 12.2 Å². The van der Waals surface area contributed by atoms with Crippen LogP contribution in [0.1, 0.15) is 5.56 Å². The Kier molecular flexibility index (Phi) is 3.17. The van der Waals surface area contributed by atoms with E-state index in [1.807, 2.05) is 22.9 Å². The molecule has 0 saturated carbocycles. The number of hydrogen-bond acceptors (Lipinski definition) is 5. The molecule has 0 amide bonds. The summed E-state index contributed by atoms with van der Waals surface area (Å²) in [5, 5.41) is 11.0.